The third-order valence-corrected chi connectivity index (χ3v) is 9.91. The lowest BCUT2D eigenvalue weighted by atomic mass is 9.47. The zero-order valence-corrected chi connectivity index (χ0v) is 19.5. The van der Waals surface area contributed by atoms with Gasteiger partial charge in [-0.1, -0.05) is 43.7 Å². The second kappa shape index (κ2) is 7.37. The fourth-order valence-electron chi connectivity index (χ4n) is 7.95. The summed E-state index contributed by atoms with van der Waals surface area (Å²) in [6.45, 7) is 4.73. The zero-order chi connectivity index (χ0) is 22.0. The Bertz CT molecular complexity index is 945. The first-order valence-electron chi connectivity index (χ1n) is 11.8. The highest BCUT2D eigenvalue weighted by atomic mass is 35.5. The molecule has 2 amide bonds. The minimum Gasteiger partial charge on any atom is -0.338 e. The van der Waals surface area contributed by atoms with E-state index in [2.05, 4.69) is 25.2 Å². The number of para-hydroxylation sites is 1. The number of benzene rings is 1. The maximum absolute atomic E-state index is 13.3. The minimum absolute atomic E-state index is 0.0337. The van der Waals surface area contributed by atoms with E-state index in [1.165, 1.54) is 0 Å². The molecule has 1 N–H and O–H groups in total. The Morgan fingerprint density at radius 1 is 1.10 bits per heavy atom. The van der Waals surface area contributed by atoms with Crippen molar-refractivity contribution < 1.29 is 9.59 Å². The second-order valence-corrected chi connectivity index (χ2v) is 11.2. The van der Waals surface area contributed by atoms with Crippen LogP contribution in [0.1, 0.15) is 52.4 Å². The summed E-state index contributed by atoms with van der Waals surface area (Å²) in [5.41, 5.74) is 0.795. The van der Waals surface area contributed by atoms with Crippen molar-refractivity contribution in [1.29, 1.82) is 0 Å². The van der Waals surface area contributed by atoms with E-state index in [1.807, 2.05) is 36.2 Å². The Morgan fingerprint density at radius 2 is 1.87 bits per heavy atom. The molecular formula is C26H33ClN2O2. The van der Waals surface area contributed by atoms with Crippen molar-refractivity contribution in [2.75, 3.05) is 12.4 Å². The minimum atomic E-state index is 0.0337. The van der Waals surface area contributed by atoms with Gasteiger partial charge in [-0.05, 0) is 79.9 Å². The highest BCUT2D eigenvalue weighted by Crippen LogP contribution is 2.65. The topological polar surface area (TPSA) is 49.4 Å². The Balaban J connectivity index is 1.38. The zero-order valence-electron chi connectivity index (χ0n) is 18.7. The van der Waals surface area contributed by atoms with E-state index in [4.69, 9.17) is 11.6 Å². The van der Waals surface area contributed by atoms with Gasteiger partial charge < -0.3 is 10.2 Å². The quantitative estimate of drug-likeness (QED) is 0.656. The molecule has 0 radical (unpaired) electrons. The lowest BCUT2D eigenvalue weighted by molar-refractivity contribution is -0.141. The van der Waals surface area contributed by atoms with Gasteiger partial charge in [0.25, 0.3) is 0 Å². The Hall–Kier alpha value is -1.81. The van der Waals surface area contributed by atoms with Crippen LogP contribution in [0.15, 0.2) is 36.4 Å². The first-order valence-corrected chi connectivity index (χ1v) is 12.1. The molecule has 31 heavy (non-hydrogen) atoms. The summed E-state index contributed by atoms with van der Waals surface area (Å²) >= 11 is 6.29. The molecule has 3 fully saturated rings. The van der Waals surface area contributed by atoms with Gasteiger partial charge >= 0.3 is 0 Å². The summed E-state index contributed by atoms with van der Waals surface area (Å²) < 4.78 is 0. The monoisotopic (exact) mass is 440 g/mol. The molecule has 0 saturated heterocycles. The fraction of sp³-hybridized carbons (Fsp3) is 0.615. The number of nitrogens with zero attached hydrogens (tertiary/aromatic N) is 1. The lowest BCUT2D eigenvalue weighted by Crippen LogP contribution is -2.59. The third-order valence-electron chi connectivity index (χ3n) is 9.58. The number of nitrogens with one attached hydrogen (secondary N) is 1. The number of rotatable bonds is 2. The van der Waals surface area contributed by atoms with E-state index in [0.29, 0.717) is 34.5 Å². The van der Waals surface area contributed by atoms with Gasteiger partial charge in [-0.15, -0.1) is 0 Å². The summed E-state index contributed by atoms with van der Waals surface area (Å²) in [6, 6.07) is 7.79. The van der Waals surface area contributed by atoms with E-state index in [1.54, 1.807) is 6.08 Å². The number of carbonyl (C=O) groups is 2. The molecule has 5 heteroatoms. The number of hydrogen-bond acceptors (Lipinski definition) is 2. The smallest absolute Gasteiger partial charge is 0.246 e. The van der Waals surface area contributed by atoms with Gasteiger partial charge in [0.2, 0.25) is 11.8 Å². The maximum Gasteiger partial charge on any atom is 0.246 e. The molecule has 3 aliphatic carbocycles. The first-order chi connectivity index (χ1) is 14.8. The van der Waals surface area contributed by atoms with Crippen molar-refractivity contribution in [1.82, 2.24) is 4.90 Å². The molecule has 0 spiro atoms. The summed E-state index contributed by atoms with van der Waals surface area (Å²) in [7, 11) is 1.96. The number of fused-ring (bicyclic) bond motifs is 5. The molecule has 0 unspecified atom stereocenters. The molecule has 1 aromatic rings. The number of anilines is 1. The van der Waals surface area contributed by atoms with Crippen LogP contribution >= 0.6 is 11.6 Å². The number of carbonyl (C=O) groups excluding carboxylic acids is 2. The van der Waals surface area contributed by atoms with Crippen LogP contribution in [0.2, 0.25) is 5.02 Å². The largest absolute Gasteiger partial charge is 0.338 e. The van der Waals surface area contributed by atoms with Crippen LogP contribution in [0.3, 0.4) is 0 Å². The van der Waals surface area contributed by atoms with Crippen LogP contribution in [0.4, 0.5) is 5.69 Å². The number of halogens is 1. The molecular weight excluding hydrogens is 408 g/mol. The van der Waals surface area contributed by atoms with Crippen LogP contribution in [0.25, 0.3) is 0 Å². The third kappa shape index (κ3) is 3.08. The molecule has 1 aromatic carbocycles. The number of amides is 2. The molecule has 4 aliphatic rings. The molecule has 166 valence electrons. The van der Waals surface area contributed by atoms with Crippen LogP contribution in [-0.4, -0.2) is 29.8 Å². The average molecular weight is 441 g/mol. The fourth-order valence-corrected chi connectivity index (χ4v) is 8.13. The summed E-state index contributed by atoms with van der Waals surface area (Å²) in [4.78, 5) is 27.6. The summed E-state index contributed by atoms with van der Waals surface area (Å²) in [5, 5.41) is 3.71. The molecule has 7 atom stereocenters. The van der Waals surface area contributed by atoms with E-state index >= 15 is 0 Å². The van der Waals surface area contributed by atoms with E-state index in [-0.39, 0.29) is 28.6 Å². The average Bonchev–Trinajstić information content (AvgIpc) is 3.10. The van der Waals surface area contributed by atoms with E-state index in [9.17, 15) is 9.59 Å². The molecule has 3 saturated carbocycles. The standard InChI is InChI=1S/C26H33ClN2O2/c1-25-14-12-18-16(8-11-22-26(18,2)15-13-23(30)29(22)3)17(25)9-10-19(25)24(31)28-21-7-5-4-6-20(21)27/h4-7,13,15-19,22H,8-12,14H2,1-3H3,(H,28,31)/t16-,17-,18-,19+,22+,25-,26+/m0/s1. The molecule has 0 aromatic heterocycles. The molecule has 4 nitrogen and oxygen atoms in total. The Labute approximate surface area is 190 Å². The van der Waals surface area contributed by atoms with Crippen molar-refractivity contribution in [2.24, 2.45) is 34.5 Å². The SMILES string of the molecule is CN1C(=O)C=C[C@]2(C)[C@H]3CC[C@]4(C)[C@@H](C(=O)Nc5ccccc5Cl)CC[C@H]4[C@@H]3CC[C@@H]12. The van der Waals surface area contributed by atoms with Crippen LogP contribution in [0, 0.1) is 34.5 Å². The van der Waals surface area contributed by atoms with Crippen molar-refractivity contribution in [3.63, 3.8) is 0 Å². The van der Waals surface area contributed by atoms with Crippen molar-refractivity contribution in [3.05, 3.63) is 41.4 Å². The van der Waals surface area contributed by atoms with Gasteiger partial charge in [0, 0.05) is 24.4 Å². The van der Waals surface area contributed by atoms with E-state index in [0.717, 1.165) is 38.5 Å². The molecule has 1 heterocycles. The Kier molecular flexibility index (Phi) is 5.00. The van der Waals surface area contributed by atoms with Gasteiger partial charge in [0.1, 0.15) is 0 Å². The van der Waals surface area contributed by atoms with Crippen molar-refractivity contribution in [3.8, 4) is 0 Å². The predicted octanol–water partition coefficient (Wildman–Crippen LogP) is 5.53. The van der Waals surface area contributed by atoms with Crippen LogP contribution in [-0.2, 0) is 9.59 Å². The molecule has 5 rings (SSSR count). The number of likely N-dealkylation sites (N-methyl/N-ethyl adjacent to an activating group) is 1. The lowest BCUT2D eigenvalue weighted by Gasteiger charge is -2.60. The van der Waals surface area contributed by atoms with Crippen LogP contribution in [0.5, 0.6) is 0 Å². The summed E-state index contributed by atoms with van der Waals surface area (Å²) in [5.74, 6) is 2.08. The van der Waals surface area contributed by atoms with Crippen molar-refractivity contribution >= 4 is 29.1 Å². The van der Waals surface area contributed by atoms with Gasteiger partial charge in [-0.3, -0.25) is 9.59 Å². The van der Waals surface area contributed by atoms with Gasteiger partial charge in [0.05, 0.1) is 10.7 Å². The van der Waals surface area contributed by atoms with Gasteiger partial charge in [-0.2, -0.15) is 0 Å². The van der Waals surface area contributed by atoms with Gasteiger partial charge in [-0.25, -0.2) is 0 Å². The highest BCUT2D eigenvalue weighted by molar-refractivity contribution is 6.33. The van der Waals surface area contributed by atoms with Crippen molar-refractivity contribution in [2.45, 2.75) is 58.4 Å². The van der Waals surface area contributed by atoms with E-state index < -0.39 is 0 Å². The maximum atomic E-state index is 13.3. The number of hydrogen-bond donors (Lipinski definition) is 1. The predicted molar refractivity (Wildman–Crippen MR) is 124 cm³/mol. The van der Waals surface area contributed by atoms with Gasteiger partial charge in [0.15, 0.2) is 0 Å². The molecule has 1 aliphatic heterocycles. The first kappa shape index (κ1) is 21.1. The summed E-state index contributed by atoms with van der Waals surface area (Å²) in [6.07, 6.45) is 10.5. The Morgan fingerprint density at radius 3 is 2.65 bits per heavy atom. The van der Waals surface area contributed by atoms with Crippen LogP contribution < -0.4 is 5.32 Å². The molecule has 0 bridgehead atoms. The normalized spacial score (nSPS) is 41.4. The second-order valence-electron chi connectivity index (χ2n) is 10.8. The highest BCUT2D eigenvalue weighted by Gasteiger charge is 2.61.